The van der Waals surface area contributed by atoms with E-state index in [1.165, 1.54) is 5.56 Å². The van der Waals surface area contributed by atoms with E-state index in [2.05, 4.69) is 18.3 Å². The minimum atomic E-state index is 0.189. The zero-order valence-electron chi connectivity index (χ0n) is 10.9. The van der Waals surface area contributed by atoms with Gasteiger partial charge in [-0.2, -0.15) is 11.8 Å². The van der Waals surface area contributed by atoms with E-state index in [1.807, 2.05) is 12.3 Å². The monoisotopic (exact) mass is 267 g/mol. The van der Waals surface area contributed by atoms with Crippen LogP contribution < -0.4 is 5.32 Å². The first-order valence-corrected chi connectivity index (χ1v) is 7.66. The molecule has 1 aliphatic carbocycles. The second-order valence-corrected chi connectivity index (χ2v) is 5.93. The van der Waals surface area contributed by atoms with Crippen molar-refractivity contribution in [2.24, 2.45) is 0 Å². The predicted octanol–water partition coefficient (Wildman–Crippen LogP) is 2.08. The number of phenols is 1. The first-order chi connectivity index (χ1) is 8.67. The molecule has 0 bridgehead atoms. The first-order valence-electron chi connectivity index (χ1n) is 6.37. The van der Waals surface area contributed by atoms with Gasteiger partial charge in [0.15, 0.2) is 0 Å². The van der Waals surface area contributed by atoms with E-state index in [9.17, 15) is 10.2 Å². The molecule has 18 heavy (non-hydrogen) atoms. The molecule has 0 aliphatic heterocycles. The van der Waals surface area contributed by atoms with Gasteiger partial charge in [-0.1, -0.05) is 12.1 Å². The topological polar surface area (TPSA) is 52.5 Å². The average Bonchev–Trinajstić information content (AvgIpc) is 2.76. The van der Waals surface area contributed by atoms with E-state index in [0.717, 1.165) is 18.4 Å². The number of aromatic hydroxyl groups is 1. The summed E-state index contributed by atoms with van der Waals surface area (Å²) in [6.07, 6.45) is 3.96. The number of hydrogen-bond donors (Lipinski definition) is 3. The largest absolute Gasteiger partial charge is 0.508 e. The Morgan fingerprint density at radius 2 is 2.28 bits per heavy atom. The van der Waals surface area contributed by atoms with Crippen LogP contribution in [-0.2, 0) is 6.42 Å². The lowest BCUT2D eigenvalue weighted by molar-refractivity contribution is 0.270. The Bertz CT molecular complexity index is 407. The van der Waals surface area contributed by atoms with E-state index in [-0.39, 0.29) is 17.9 Å². The summed E-state index contributed by atoms with van der Waals surface area (Å²) in [4.78, 5) is 0. The fourth-order valence-electron chi connectivity index (χ4n) is 2.67. The molecule has 0 saturated carbocycles. The third-order valence-electron chi connectivity index (χ3n) is 3.75. The minimum Gasteiger partial charge on any atom is -0.508 e. The average molecular weight is 267 g/mol. The number of fused-ring (bicyclic) bond motifs is 1. The van der Waals surface area contributed by atoms with Crippen molar-refractivity contribution in [1.82, 2.24) is 5.32 Å². The van der Waals surface area contributed by atoms with Crippen molar-refractivity contribution in [3.05, 3.63) is 29.3 Å². The maximum atomic E-state index is 9.81. The van der Waals surface area contributed by atoms with Gasteiger partial charge in [0.25, 0.3) is 0 Å². The Kier molecular flexibility index (Phi) is 4.54. The molecule has 0 aromatic heterocycles. The summed E-state index contributed by atoms with van der Waals surface area (Å²) in [5, 5.41) is 22.9. The number of phenolic OH excluding ortho intramolecular Hbond substituents is 1. The lowest BCUT2D eigenvalue weighted by Gasteiger charge is -2.25. The fraction of sp³-hybridized carbons (Fsp3) is 0.571. The first kappa shape index (κ1) is 13.7. The zero-order chi connectivity index (χ0) is 13.1. The summed E-state index contributed by atoms with van der Waals surface area (Å²) in [6, 6.07) is 6.28. The standard InChI is InChI=1S/C14H21NO2S/c1-9(14(8-16)18-2)15-12-7-6-11-10(12)4-3-5-13(11)17/h3-5,9,12,14-17H,6-8H2,1-2H3. The molecular formula is C14H21NO2S. The van der Waals surface area contributed by atoms with Gasteiger partial charge in [0.05, 0.1) is 6.61 Å². The lowest BCUT2D eigenvalue weighted by Crippen LogP contribution is -2.39. The van der Waals surface area contributed by atoms with Gasteiger partial charge >= 0.3 is 0 Å². The van der Waals surface area contributed by atoms with Crippen molar-refractivity contribution in [1.29, 1.82) is 0 Å². The maximum absolute atomic E-state index is 9.81. The highest BCUT2D eigenvalue weighted by atomic mass is 32.2. The summed E-state index contributed by atoms with van der Waals surface area (Å²) in [6.45, 7) is 2.30. The molecule has 2 rings (SSSR count). The highest BCUT2D eigenvalue weighted by molar-refractivity contribution is 7.99. The number of nitrogens with one attached hydrogen (secondary N) is 1. The molecule has 0 spiro atoms. The minimum absolute atomic E-state index is 0.189. The third-order valence-corrected chi connectivity index (χ3v) is 4.91. The molecule has 0 amide bonds. The Balaban J connectivity index is 2.08. The van der Waals surface area contributed by atoms with Gasteiger partial charge in [0.1, 0.15) is 5.75 Å². The maximum Gasteiger partial charge on any atom is 0.119 e. The summed E-state index contributed by atoms with van der Waals surface area (Å²) in [5.74, 6) is 0.410. The molecular weight excluding hydrogens is 246 g/mol. The van der Waals surface area contributed by atoms with Crippen molar-refractivity contribution in [2.75, 3.05) is 12.9 Å². The third kappa shape index (κ3) is 2.66. The summed E-state index contributed by atoms with van der Waals surface area (Å²) < 4.78 is 0. The van der Waals surface area contributed by atoms with E-state index < -0.39 is 0 Å². The summed E-state index contributed by atoms with van der Waals surface area (Å²) >= 11 is 1.68. The van der Waals surface area contributed by atoms with Crippen molar-refractivity contribution in [3.8, 4) is 5.75 Å². The molecule has 0 fully saturated rings. The molecule has 0 radical (unpaired) electrons. The Morgan fingerprint density at radius 1 is 1.50 bits per heavy atom. The number of benzene rings is 1. The second-order valence-electron chi connectivity index (χ2n) is 4.85. The zero-order valence-corrected chi connectivity index (χ0v) is 11.7. The van der Waals surface area contributed by atoms with Crippen molar-refractivity contribution >= 4 is 11.8 Å². The van der Waals surface area contributed by atoms with Crippen LogP contribution in [0.1, 0.15) is 30.5 Å². The highest BCUT2D eigenvalue weighted by Gasteiger charge is 2.27. The molecule has 100 valence electrons. The van der Waals surface area contributed by atoms with Crippen molar-refractivity contribution in [3.63, 3.8) is 0 Å². The quantitative estimate of drug-likeness (QED) is 0.764. The summed E-state index contributed by atoms with van der Waals surface area (Å²) in [7, 11) is 0. The number of aliphatic hydroxyl groups excluding tert-OH is 1. The Labute approximate surface area is 113 Å². The molecule has 0 heterocycles. The van der Waals surface area contributed by atoms with Gasteiger partial charge < -0.3 is 15.5 Å². The van der Waals surface area contributed by atoms with Crippen LogP contribution in [0.2, 0.25) is 0 Å². The number of hydrogen-bond acceptors (Lipinski definition) is 4. The highest BCUT2D eigenvalue weighted by Crippen LogP contribution is 2.36. The van der Waals surface area contributed by atoms with Gasteiger partial charge in [0, 0.05) is 17.3 Å². The van der Waals surface area contributed by atoms with E-state index >= 15 is 0 Å². The predicted molar refractivity (Wildman–Crippen MR) is 76.2 cm³/mol. The second kappa shape index (κ2) is 5.95. The summed E-state index contributed by atoms with van der Waals surface area (Å²) in [5.41, 5.74) is 2.28. The molecule has 1 aliphatic rings. The Morgan fingerprint density at radius 3 is 2.94 bits per heavy atom. The van der Waals surface area contributed by atoms with Crippen molar-refractivity contribution in [2.45, 2.75) is 37.1 Å². The van der Waals surface area contributed by atoms with Crippen LogP contribution in [0.5, 0.6) is 5.75 Å². The van der Waals surface area contributed by atoms with Crippen LogP contribution in [0.15, 0.2) is 18.2 Å². The van der Waals surface area contributed by atoms with Crippen LogP contribution in [0.25, 0.3) is 0 Å². The molecule has 3 nitrogen and oxygen atoms in total. The molecule has 1 aromatic carbocycles. The van der Waals surface area contributed by atoms with E-state index in [0.29, 0.717) is 11.8 Å². The molecule has 0 saturated heterocycles. The number of thioether (sulfide) groups is 1. The van der Waals surface area contributed by atoms with Crippen LogP contribution >= 0.6 is 11.8 Å². The number of rotatable bonds is 5. The van der Waals surface area contributed by atoms with Crippen LogP contribution in [0.4, 0.5) is 0 Å². The lowest BCUT2D eigenvalue weighted by atomic mass is 10.1. The van der Waals surface area contributed by atoms with Crippen LogP contribution in [-0.4, -0.2) is 34.4 Å². The smallest absolute Gasteiger partial charge is 0.119 e. The van der Waals surface area contributed by atoms with Gasteiger partial charge in [-0.3, -0.25) is 0 Å². The van der Waals surface area contributed by atoms with Gasteiger partial charge in [-0.05, 0) is 43.2 Å². The Hall–Kier alpha value is -0.710. The molecule has 3 unspecified atom stereocenters. The van der Waals surface area contributed by atoms with Crippen LogP contribution in [0, 0.1) is 0 Å². The van der Waals surface area contributed by atoms with Crippen LogP contribution in [0.3, 0.4) is 0 Å². The normalized spacial score (nSPS) is 21.6. The fourth-order valence-corrected chi connectivity index (χ4v) is 3.31. The van der Waals surface area contributed by atoms with E-state index in [4.69, 9.17) is 0 Å². The van der Waals surface area contributed by atoms with Gasteiger partial charge in [0.2, 0.25) is 0 Å². The van der Waals surface area contributed by atoms with Gasteiger partial charge in [-0.15, -0.1) is 0 Å². The molecule has 1 aromatic rings. The van der Waals surface area contributed by atoms with Gasteiger partial charge in [-0.25, -0.2) is 0 Å². The SMILES string of the molecule is CSC(CO)C(C)NC1CCc2c(O)cccc21. The molecule has 4 heteroatoms. The molecule has 3 N–H and O–H groups in total. The molecule has 3 atom stereocenters. The van der Waals surface area contributed by atoms with Crippen molar-refractivity contribution < 1.29 is 10.2 Å². The van der Waals surface area contributed by atoms with E-state index in [1.54, 1.807) is 17.8 Å². The number of aliphatic hydroxyl groups is 1.